The molecule has 0 saturated heterocycles. The van der Waals surface area contributed by atoms with Gasteiger partial charge in [-0.3, -0.25) is 0 Å². The number of nitrogen functional groups attached to an aromatic ring is 1. The molecule has 2 aromatic rings. The average molecular weight is 317 g/mol. The number of anilines is 1. The second-order valence-electron chi connectivity index (χ2n) is 3.95. The SMILES string of the molecule is Nc1ccc(CCNS(=O)(=O)c2ccc(Cl)s2)cc1. The Labute approximate surface area is 121 Å². The van der Waals surface area contributed by atoms with E-state index >= 15 is 0 Å². The van der Waals surface area contributed by atoms with Gasteiger partial charge in [0.1, 0.15) is 4.21 Å². The molecule has 0 spiro atoms. The van der Waals surface area contributed by atoms with Crippen LogP contribution in [-0.4, -0.2) is 15.0 Å². The van der Waals surface area contributed by atoms with Gasteiger partial charge in [0.15, 0.2) is 0 Å². The monoisotopic (exact) mass is 316 g/mol. The van der Waals surface area contributed by atoms with E-state index in [0.29, 0.717) is 23.0 Å². The first-order valence-corrected chi connectivity index (χ1v) is 8.24. The maximum absolute atomic E-state index is 11.9. The Morgan fingerprint density at radius 3 is 2.42 bits per heavy atom. The molecule has 0 amide bonds. The number of sulfonamides is 1. The zero-order valence-electron chi connectivity index (χ0n) is 9.97. The fraction of sp³-hybridized carbons (Fsp3) is 0.167. The average Bonchev–Trinajstić information content (AvgIpc) is 2.79. The molecule has 102 valence electrons. The van der Waals surface area contributed by atoms with Gasteiger partial charge in [-0.05, 0) is 36.2 Å². The summed E-state index contributed by atoms with van der Waals surface area (Å²) in [5.74, 6) is 0. The van der Waals surface area contributed by atoms with Crippen LogP contribution < -0.4 is 10.5 Å². The summed E-state index contributed by atoms with van der Waals surface area (Å²) in [4.78, 5) is 0. The second kappa shape index (κ2) is 5.92. The van der Waals surface area contributed by atoms with E-state index in [1.165, 1.54) is 6.07 Å². The predicted octanol–water partition coefficient (Wildman–Crippen LogP) is 2.50. The zero-order valence-corrected chi connectivity index (χ0v) is 12.4. The molecule has 0 atom stereocenters. The lowest BCUT2D eigenvalue weighted by molar-refractivity contribution is 0.584. The molecule has 19 heavy (non-hydrogen) atoms. The van der Waals surface area contributed by atoms with Crippen molar-refractivity contribution in [3.05, 3.63) is 46.3 Å². The van der Waals surface area contributed by atoms with E-state index in [0.717, 1.165) is 16.9 Å². The van der Waals surface area contributed by atoms with Crippen LogP contribution in [0.5, 0.6) is 0 Å². The molecule has 0 aliphatic rings. The molecule has 2 rings (SSSR count). The maximum atomic E-state index is 11.9. The summed E-state index contributed by atoms with van der Waals surface area (Å²) in [5, 5.41) is 0. The van der Waals surface area contributed by atoms with Gasteiger partial charge in [0.2, 0.25) is 10.0 Å². The summed E-state index contributed by atoms with van der Waals surface area (Å²) < 4.78 is 27.1. The van der Waals surface area contributed by atoms with Gasteiger partial charge < -0.3 is 5.73 Å². The van der Waals surface area contributed by atoms with Gasteiger partial charge in [0.05, 0.1) is 4.34 Å². The molecule has 0 aliphatic heterocycles. The number of nitrogens with one attached hydrogen (secondary N) is 1. The van der Waals surface area contributed by atoms with Gasteiger partial charge in [-0.2, -0.15) is 0 Å². The molecule has 1 aromatic heterocycles. The lowest BCUT2D eigenvalue weighted by atomic mass is 10.1. The molecule has 0 radical (unpaired) electrons. The Kier molecular flexibility index (Phi) is 4.46. The first-order chi connectivity index (χ1) is 8.97. The molecule has 1 heterocycles. The predicted molar refractivity (Wildman–Crippen MR) is 79.1 cm³/mol. The van der Waals surface area contributed by atoms with Gasteiger partial charge in [0.25, 0.3) is 0 Å². The van der Waals surface area contributed by atoms with Crippen molar-refractivity contribution in [1.82, 2.24) is 4.72 Å². The smallest absolute Gasteiger partial charge is 0.250 e. The van der Waals surface area contributed by atoms with Crippen LogP contribution >= 0.6 is 22.9 Å². The third-order valence-corrected chi connectivity index (χ3v) is 5.68. The van der Waals surface area contributed by atoms with E-state index in [9.17, 15) is 8.42 Å². The van der Waals surface area contributed by atoms with Crippen LogP contribution in [0, 0.1) is 0 Å². The van der Waals surface area contributed by atoms with Crippen molar-refractivity contribution in [3.8, 4) is 0 Å². The molecule has 4 nitrogen and oxygen atoms in total. The lowest BCUT2D eigenvalue weighted by Gasteiger charge is -2.05. The van der Waals surface area contributed by atoms with Crippen LogP contribution in [-0.2, 0) is 16.4 Å². The van der Waals surface area contributed by atoms with Crippen molar-refractivity contribution in [1.29, 1.82) is 0 Å². The minimum Gasteiger partial charge on any atom is -0.399 e. The van der Waals surface area contributed by atoms with E-state index in [1.807, 2.05) is 12.1 Å². The fourth-order valence-corrected chi connectivity index (χ4v) is 4.09. The highest BCUT2D eigenvalue weighted by molar-refractivity contribution is 7.91. The molecule has 3 N–H and O–H groups in total. The third kappa shape index (κ3) is 3.94. The highest BCUT2D eigenvalue weighted by Crippen LogP contribution is 2.25. The Morgan fingerprint density at radius 1 is 1.16 bits per heavy atom. The number of rotatable bonds is 5. The normalized spacial score (nSPS) is 11.6. The summed E-state index contributed by atoms with van der Waals surface area (Å²) in [6.45, 7) is 0.335. The second-order valence-corrected chi connectivity index (χ2v) is 7.66. The lowest BCUT2D eigenvalue weighted by Crippen LogP contribution is -2.25. The van der Waals surface area contributed by atoms with Crippen LogP contribution in [0.4, 0.5) is 5.69 Å². The first-order valence-electron chi connectivity index (χ1n) is 5.57. The summed E-state index contributed by atoms with van der Waals surface area (Å²) >= 11 is 6.77. The van der Waals surface area contributed by atoms with Crippen LogP contribution in [0.3, 0.4) is 0 Å². The van der Waals surface area contributed by atoms with Crippen molar-refractivity contribution in [2.75, 3.05) is 12.3 Å². The van der Waals surface area contributed by atoms with Crippen molar-refractivity contribution in [3.63, 3.8) is 0 Å². The van der Waals surface area contributed by atoms with E-state index in [-0.39, 0.29) is 4.21 Å². The molecule has 0 fully saturated rings. The Morgan fingerprint density at radius 2 is 1.84 bits per heavy atom. The molecule has 0 aliphatic carbocycles. The first kappa shape index (κ1) is 14.3. The van der Waals surface area contributed by atoms with E-state index in [1.54, 1.807) is 18.2 Å². The maximum Gasteiger partial charge on any atom is 0.250 e. The third-order valence-electron chi connectivity index (χ3n) is 2.50. The number of benzene rings is 1. The summed E-state index contributed by atoms with van der Waals surface area (Å²) in [6.07, 6.45) is 0.610. The van der Waals surface area contributed by atoms with Crippen LogP contribution in [0.1, 0.15) is 5.56 Å². The van der Waals surface area contributed by atoms with Crippen molar-refractivity contribution < 1.29 is 8.42 Å². The molecular weight excluding hydrogens is 304 g/mol. The van der Waals surface area contributed by atoms with Crippen molar-refractivity contribution in [2.24, 2.45) is 0 Å². The summed E-state index contributed by atoms with van der Waals surface area (Å²) in [6, 6.07) is 10.4. The minimum absolute atomic E-state index is 0.231. The summed E-state index contributed by atoms with van der Waals surface area (Å²) in [7, 11) is -3.46. The van der Waals surface area contributed by atoms with Gasteiger partial charge >= 0.3 is 0 Å². The van der Waals surface area contributed by atoms with Crippen LogP contribution in [0.25, 0.3) is 0 Å². The van der Waals surface area contributed by atoms with Gasteiger partial charge in [-0.15, -0.1) is 11.3 Å². The van der Waals surface area contributed by atoms with Gasteiger partial charge in [-0.1, -0.05) is 23.7 Å². The van der Waals surface area contributed by atoms with E-state index < -0.39 is 10.0 Å². The quantitative estimate of drug-likeness (QED) is 0.832. The summed E-state index contributed by atoms with van der Waals surface area (Å²) in [5.41, 5.74) is 7.30. The van der Waals surface area contributed by atoms with Crippen LogP contribution in [0.2, 0.25) is 4.34 Å². The Hall–Kier alpha value is -1.08. The van der Waals surface area contributed by atoms with Crippen LogP contribution in [0.15, 0.2) is 40.6 Å². The van der Waals surface area contributed by atoms with Gasteiger partial charge in [-0.25, -0.2) is 13.1 Å². The fourth-order valence-electron chi connectivity index (χ4n) is 1.53. The molecule has 0 unspecified atom stereocenters. The number of nitrogens with two attached hydrogens (primary N) is 1. The topological polar surface area (TPSA) is 72.2 Å². The van der Waals surface area contributed by atoms with E-state index in [4.69, 9.17) is 17.3 Å². The Balaban J connectivity index is 1.93. The molecule has 0 saturated carbocycles. The minimum atomic E-state index is -3.46. The molecular formula is C12H13ClN2O2S2. The Bertz CT molecular complexity index is 651. The molecule has 0 bridgehead atoms. The number of hydrogen-bond acceptors (Lipinski definition) is 4. The molecule has 1 aromatic carbocycles. The number of thiophene rings is 1. The standard InChI is InChI=1S/C12H13ClN2O2S2/c13-11-5-6-12(18-11)19(16,17)15-8-7-9-1-3-10(14)4-2-9/h1-6,15H,7-8,14H2. The largest absolute Gasteiger partial charge is 0.399 e. The number of hydrogen-bond donors (Lipinski definition) is 2. The van der Waals surface area contributed by atoms with Crippen molar-refractivity contribution in [2.45, 2.75) is 10.6 Å². The molecule has 7 heteroatoms. The highest BCUT2D eigenvalue weighted by atomic mass is 35.5. The zero-order chi connectivity index (χ0) is 13.9. The van der Waals surface area contributed by atoms with Crippen molar-refractivity contribution >= 4 is 38.6 Å². The van der Waals surface area contributed by atoms with Gasteiger partial charge in [0, 0.05) is 12.2 Å². The highest BCUT2D eigenvalue weighted by Gasteiger charge is 2.15. The number of halogens is 1. The van der Waals surface area contributed by atoms with E-state index in [2.05, 4.69) is 4.72 Å².